The first-order valence-electron chi connectivity index (χ1n) is 6.31. The Labute approximate surface area is 122 Å². The number of para-hydroxylation sites is 1. The van der Waals surface area contributed by atoms with E-state index in [2.05, 4.69) is 17.2 Å². The minimum atomic E-state index is 0.452. The van der Waals surface area contributed by atoms with Gasteiger partial charge >= 0.3 is 0 Å². The van der Waals surface area contributed by atoms with Gasteiger partial charge in [0, 0.05) is 11.9 Å². The molecule has 0 fully saturated rings. The summed E-state index contributed by atoms with van der Waals surface area (Å²) in [7, 11) is 0. The van der Waals surface area contributed by atoms with Crippen LogP contribution in [0.15, 0.2) is 29.6 Å². The number of halogens is 1. The monoisotopic (exact) mass is 296 g/mol. The van der Waals surface area contributed by atoms with Crippen LogP contribution >= 0.6 is 22.9 Å². The third-order valence-corrected chi connectivity index (χ3v) is 3.72. The number of nitrogens with one attached hydrogen (secondary N) is 1. The van der Waals surface area contributed by atoms with Crippen LogP contribution in [-0.2, 0) is 13.2 Å². The molecule has 0 atom stereocenters. The molecule has 0 saturated heterocycles. The molecule has 0 radical (unpaired) electrons. The lowest BCUT2D eigenvalue weighted by atomic mass is 10.3. The Morgan fingerprint density at radius 3 is 3.00 bits per heavy atom. The van der Waals surface area contributed by atoms with E-state index < -0.39 is 0 Å². The molecule has 102 valence electrons. The highest BCUT2D eigenvalue weighted by atomic mass is 35.5. The van der Waals surface area contributed by atoms with Crippen molar-refractivity contribution in [2.24, 2.45) is 0 Å². The molecule has 0 amide bonds. The van der Waals surface area contributed by atoms with Crippen molar-refractivity contribution in [3.05, 3.63) is 45.4 Å². The zero-order valence-electron chi connectivity index (χ0n) is 10.9. The molecule has 1 N–H and O–H groups in total. The van der Waals surface area contributed by atoms with Gasteiger partial charge in [0.25, 0.3) is 0 Å². The Bertz CT molecular complexity index is 516. The van der Waals surface area contributed by atoms with E-state index in [4.69, 9.17) is 16.3 Å². The van der Waals surface area contributed by atoms with Gasteiger partial charge in [0.15, 0.2) is 0 Å². The Balaban J connectivity index is 1.85. The van der Waals surface area contributed by atoms with Crippen molar-refractivity contribution in [2.75, 3.05) is 6.54 Å². The van der Waals surface area contributed by atoms with Crippen LogP contribution in [0.4, 0.5) is 0 Å². The number of rotatable bonds is 7. The van der Waals surface area contributed by atoms with Gasteiger partial charge in [-0.25, -0.2) is 4.98 Å². The van der Waals surface area contributed by atoms with Gasteiger partial charge in [0.1, 0.15) is 17.4 Å². The van der Waals surface area contributed by atoms with Crippen molar-refractivity contribution in [1.29, 1.82) is 0 Å². The predicted molar refractivity (Wildman–Crippen MR) is 79.9 cm³/mol. The number of hydrogen-bond donors (Lipinski definition) is 1. The highest BCUT2D eigenvalue weighted by Crippen LogP contribution is 2.24. The average molecular weight is 297 g/mol. The van der Waals surface area contributed by atoms with Gasteiger partial charge in [-0.05, 0) is 25.1 Å². The lowest BCUT2D eigenvalue weighted by Crippen LogP contribution is -2.13. The van der Waals surface area contributed by atoms with Gasteiger partial charge in [0.05, 0.1) is 10.7 Å². The standard InChI is InChI=1S/C14H17ClN2OS/c1-2-7-16-8-14-17-11(10-19-14)9-18-13-6-4-3-5-12(13)15/h3-6,10,16H,2,7-9H2,1H3. The Hall–Kier alpha value is -1.10. The molecule has 0 spiro atoms. The molecule has 0 unspecified atom stereocenters. The smallest absolute Gasteiger partial charge is 0.138 e. The summed E-state index contributed by atoms with van der Waals surface area (Å²) in [5.41, 5.74) is 0.943. The molecule has 1 aromatic heterocycles. The molecular weight excluding hydrogens is 280 g/mol. The fourth-order valence-corrected chi connectivity index (χ4v) is 2.52. The molecule has 2 rings (SSSR count). The van der Waals surface area contributed by atoms with Gasteiger partial charge in [-0.2, -0.15) is 0 Å². The van der Waals surface area contributed by atoms with Gasteiger partial charge in [-0.15, -0.1) is 11.3 Å². The third kappa shape index (κ3) is 4.49. The first kappa shape index (κ1) is 14.3. The lowest BCUT2D eigenvalue weighted by molar-refractivity contribution is 0.302. The first-order valence-corrected chi connectivity index (χ1v) is 7.56. The second-order valence-corrected chi connectivity index (χ2v) is 5.48. The molecule has 2 aromatic rings. The summed E-state index contributed by atoms with van der Waals surface area (Å²) in [6.45, 7) is 4.45. The second kappa shape index (κ2) is 7.48. The van der Waals surface area contributed by atoms with E-state index in [-0.39, 0.29) is 0 Å². The number of nitrogens with zero attached hydrogens (tertiary/aromatic N) is 1. The maximum Gasteiger partial charge on any atom is 0.138 e. The molecule has 0 saturated carbocycles. The van der Waals surface area contributed by atoms with E-state index in [1.807, 2.05) is 29.6 Å². The summed E-state index contributed by atoms with van der Waals surface area (Å²) in [6, 6.07) is 7.47. The lowest BCUT2D eigenvalue weighted by Gasteiger charge is -2.05. The maximum absolute atomic E-state index is 6.03. The highest BCUT2D eigenvalue weighted by molar-refractivity contribution is 7.09. The van der Waals surface area contributed by atoms with Crippen LogP contribution in [0.5, 0.6) is 5.75 Å². The summed E-state index contributed by atoms with van der Waals surface area (Å²) >= 11 is 7.68. The van der Waals surface area contributed by atoms with Crippen molar-refractivity contribution in [2.45, 2.75) is 26.5 Å². The average Bonchev–Trinajstić information content (AvgIpc) is 2.86. The van der Waals surface area contributed by atoms with Crippen molar-refractivity contribution in [3.63, 3.8) is 0 Å². The van der Waals surface area contributed by atoms with Crippen molar-refractivity contribution < 1.29 is 4.74 Å². The van der Waals surface area contributed by atoms with E-state index in [9.17, 15) is 0 Å². The number of benzene rings is 1. The zero-order chi connectivity index (χ0) is 13.5. The van der Waals surface area contributed by atoms with Crippen LogP contribution in [0.25, 0.3) is 0 Å². The fourth-order valence-electron chi connectivity index (χ4n) is 1.58. The van der Waals surface area contributed by atoms with Crippen molar-refractivity contribution in [3.8, 4) is 5.75 Å². The van der Waals surface area contributed by atoms with Crippen LogP contribution in [0.3, 0.4) is 0 Å². The van der Waals surface area contributed by atoms with Crippen LogP contribution in [-0.4, -0.2) is 11.5 Å². The van der Waals surface area contributed by atoms with E-state index in [0.717, 1.165) is 30.2 Å². The molecule has 0 aliphatic heterocycles. The molecule has 5 heteroatoms. The largest absolute Gasteiger partial charge is 0.486 e. The van der Waals surface area contributed by atoms with Crippen molar-refractivity contribution >= 4 is 22.9 Å². The topological polar surface area (TPSA) is 34.2 Å². The van der Waals surface area contributed by atoms with Crippen molar-refractivity contribution in [1.82, 2.24) is 10.3 Å². The highest BCUT2D eigenvalue weighted by Gasteiger charge is 2.04. The minimum absolute atomic E-state index is 0.452. The molecule has 3 nitrogen and oxygen atoms in total. The SMILES string of the molecule is CCCNCc1nc(COc2ccccc2Cl)cs1. The second-order valence-electron chi connectivity index (χ2n) is 4.13. The van der Waals surface area contributed by atoms with E-state index in [1.165, 1.54) is 0 Å². The molecule has 1 heterocycles. The molecule has 0 aliphatic rings. The Morgan fingerprint density at radius 1 is 1.37 bits per heavy atom. The van der Waals surface area contributed by atoms with E-state index >= 15 is 0 Å². The van der Waals surface area contributed by atoms with Crippen LogP contribution in [0.2, 0.25) is 5.02 Å². The quantitative estimate of drug-likeness (QED) is 0.788. The predicted octanol–water partition coefficient (Wildman–Crippen LogP) is 3.88. The third-order valence-electron chi connectivity index (χ3n) is 2.51. The van der Waals surface area contributed by atoms with Gasteiger partial charge in [-0.1, -0.05) is 30.7 Å². The van der Waals surface area contributed by atoms with Crippen LogP contribution in [0.1, 0.15) is 24.0 Å². The molecule has 1 aromatic carbocycles. The molecule has 19 heavy (non-hydrogen) atoms. The number of hydrogen-bond acceptors (Lipinski definition) is 4. The van der Waals surface area contributed by atoms with E-state index in [0.29, 0.717) is 17.4 Å². The maximum atomic E-state index is 6.03. The summed E-state index contributed by atoms with van der Waals surface area (Å²) in [5, 5.41) is 7.08. The minimum Gasteiger partial charge on any atom is -0.486 e. The summed E-state index contributed by atoms with van der Waals surface area (Å²) in [5.74, 6) is 0.697. The van der Waals surface area contributed by atoms with Gasteiger partial charge in [-0.3, -0.25) is 0 Å². The Kier molecular flexibility index (Phi) is 5.63. The van der Waals surface area contributed by atoms with Gasteiger partial charge < -0.3 is 10.1 Å². The summed E-state index contributed by atoms with van der Waals surface area (Å²) in [4.78, 5) is 4.51. The summed E-state index contributed by atoms with van der Waals surface area (Å²) < 4.78 is 5.65. The zero-order valence-corrected chi connectivity index (χ0v) is 12.4. The van der Waals surface area contributed by atoms with E-state index in [1.54, 1.807) is 11.3 Å². The first-order chi connectivity index (χ1) is 9.29. The molecule has 0 aliphatic carbocycles. The number of thiazole rings is 1. The molecule has 0 bridgehead atoms. The van der Waals surface area contributed by atoms with Gasteiger partial charge in [0.2, 0.25) is 0 Å². The number of aromatic nitrogens is 1. The van der Waals surface area contributed by atoms with Crippen LogP contribution in [0, 0.1) is 0 Å². The molecular formula is C14H17ClN2OS. The Morgan fingerprint density at radius 2 is 2.21 bits per heavy atom. The normalized spacial score (nSPS) is 10.6. The number of ether oxygens (including phenoxy) is 1. The fraction of sp³-hybridized carbons (Fsp3) is 0.357. The van der Waals surface area contributed by atoms with Crippen LogP contribution < -0.4 is 10.1 Å². The summed E-state index contributed by atoms with van der Waals surface area (Å²) in [6.07, 6.45) is 1.13.